The van der Waals surface area contributed by atoms with Gasteiger partial charge in [0.05, 0.1) is 28.6 Å². The zero-order valence-corrected chi connectivity index (χ0v) is 24.7. The lowest BCUT2D eigenvalue weighted by Crippen LogP contribution is -2.19. The number of fused-ring (bicyclic) bond motifs is 3. The van der Waals surface area contributed by atoms with Gasteiger partial charge in [-0.2, -0.15) is 10.5 Å². The fourth-order valence-corrected chi connectivity index (χ4v) is 6.67. The number of nitrogens with one attached hydrogen (secondary N) is 1. The molecule has 1 N–H and O–H groups in total. The third-order valence-electron chi connectivity index (χ3n) is 8.71. The van der Waals surface area contributed by atoms with Gasteiger partial charge in [-0.1, -0.05) is 91.0 Å². The van der Waals surface area contributed by atoms with Crippen molar-refractivity contribution < 1.29 is 0 Å². The fraction of sp³-hybridized carbons (Fsp3) is 0.0244. The van der Waals surface area contributed by atoms with Gasteiger partial charge in [0.2, 0.25) is 0 Å². The first-order valence-electron chi connectivity index (χ1n) is 15.1. The van der Waals surface area contributed by atoms with E-state index < -0.39 is 0 Å². The highest BCUT2D eigenvalue weighted by Crippen LogP contribution is 2.45. The quantitative estimate of drug-likeness (QED) is 0.208. The van der Waals surface area contributed by atoms with E-state index in [0.29, 0.717) is 17.7 Å². The molecular formula is C41H25N5. The standard InChI is InChI=1S/C41H25N5/c42-21-26-17-18-45-39(20-26)38-16-13-28(25-46-38)40-33-9-3-5-11-35(33)41(36-12-6-4-10-34(36)40)37-15-14-30(31-7-1-2-8-32(31)37)29-19-27(22-43)23-44-24-29/h1-20,23-24,46H,25H2. The largest absolute Gasteiger partial charge is 0.379 e. The second-order valence-electron chi connectivity index (χ2n) is 11.3. The van der Waals surface area contributed by atoms with Gasteiger partial charge in [-0.05, 0) is 84.4 Å². The third-order valence-corrected chi connectivity index (χ3v) is 8.71. The number of rotatable bonds is 4. The Morgan fingerprint density at radius 3 is 1.83 bits per heavy atom. The summed E-state index contributed by atoms with van der Waals surface area (Å²) >= 11 is 0. The average Bonchev–Trinajstić information content (AvgIpc) is 3.13. The van der Waals surface area contributed by atoms with Gasteiger partial charge >= 0.3 is 0 Å². The van der Waals surface area contributed by atoms with E-state index in [1.165, 1.54) is 38.2 Å². The van der Waals surface area contributed by atoms with Crippen LogP contribution in [0.5, 0.6) is 0 Å². The van der Waals surface area contributed by atoms with Crippen LogP contribution in [0, 0.1) is 22.7 Å². The molecule has 3 heterocycles. The molecule has 0 aliphatic carbocycles. The average molecular weight is 588 g/mol. The first-order valence-corrected chi connectivity index (χ1v) is 15.1. The summed E-state index contributed by atoms with van der Waals surface area (Å²) in [5.41, 5.74) is 9.49. The predicted octanol–water partition coefficient (Wildman–Crippen LogP) is 9.04. The van der Waals surface area contributed by atoms with E-state index in [1.807, 2.05) is 18.3 Å². The smallest absolute Gasteiger partial charge is 0.101 e. The predicted molar refractivity (Wildman–Crippen MR) is 185 cm³/mol. The maximum absolute atomic E-state index is 9.50. The Bertz CT molecular complexity index is 2450. The molecule has 0 fully saturated rings. The molecule has 0 saturated carbocycles. The first-order chi connectivity index (χ1) is 22.7. The normalized spacial score (nSPS) is 12.7. The Morgan fingerprint density at radius 1 is 0.587 bits per heavy atom. The van der Waals surface area contributed by atoms with Gasteiger partial charge in [0.15, 0.2) is 0 Å². The number of dihydropyridines is 1. The molecule has 7 aromatic rings. The molecule has 0 bridgehead atoms. The Labute approximate surface area is 266 Å². The number of hydrogen-bond donors (Lipinski definition) is 1. The third kappa shape index (κ3) is 4.47. The number of pyridine rings is 2. The van der Waals surface area contributed by atoms with E-state index in [4.69, 9.17) is 0 Å². The minimum Gasteiger partial charge on any atom is -0.379 e. The molecule has 2 aromatic heterocycles. The molecule has 0 amide bonds. The van der Waals surface area contributed by atoms with Crippen LogP contribution in [0.2, 0.25) is 0 Å². The lowest BCUT2D eigenvalue weighted by molar-refractivity contribution is 0.995. The summed E-state index contributed by atoms with van der Waals surface area (Å²) < 4.78 is 0. The van der Waals surface area contributed by atoms with Crippen molar-refractivity contribution in [3.8, 4) is 34.4 Å². The summed E-state index contributed by atoms with van der Waals surface area (Å²) in [6.07, 6.45) is 9.32. The zero-order valence-electron chi connectivity index (χ0n) is 24.7. The van der Waals surface area contributed by atoms with Crippen molar-refractivity contribution >= 4 is 43.6 Å². The van der Waals surface area contributed by atoms with Crippen LogP contribution in [-0.2, 0) is 0 Å². The summed E-state index contributed by atoms with van der Waals surface area (Å²) in [6.45, 7) is 0.630. The summed E-state index contributed by atoms with van der Waals surface area (Å²) in [5.74, 6) is 0. The van der Waals surface area contributed by atoms with Crippen LogP contribution in [0.1, 0.15) is 22.4 Å². The molecule has 5 nitrogen and oxygen atoms in total. The summed E-state index contributed by atoms with van der Waals surface area (Å²) in [6, 6.07) is 40.0. The highest BCUT2D eigenvalue weighted by Gasteiger charge is 2.21. The number of benzene rings is 5. The van der Waals surface area contributed by atoms with E-state index in [0.717, 1.165) is 38.9 Å². The minimum atomic E-state index is 0.540. The van der Waals surface area contributed by atoms with E-state index in [1.54, 1.807) is 18.5 Å². The van der Waals surface area contributed by atoms with Gasteiger partial charge in [0, 0.05) is 30.7 Å². The minimum absolute atomic E-state index is 0.540. The van der Waals surface area contributed by atoms with Crippen LogP contribution < -0.4 is 5.32 Å². The van der Waals surface area contributed by atoms with E-state index >= 15 is 0 Å². The molecule has 0 atom stereocenters. The van der Waals surface area contributed by atoms with Gasteiger partial charge in [-0.25, -0.2) is 0 Å². The molecule has 5 aromatic carbocycles. The van der Waals surface area contributed by atoms with Crippen LogP contribution in [0.4, 0.5) is 0 Å². The molecule has 0 spiro atoms. The number of hydrogen-bond acceptors (Lipinski definition) is 5. The molecule has 8 rings (SSSR count). The van der Waals surface area contributed by atoms with Gasteiger partial charge in [0.1, 0.15) is 6.07 Å². The lowest BCUT2D eigenvalue weighted by Gasteiger charge is -2.23. The monoisotopic (exact) mass is 587 g/mol. The van der Waals surface area contributed by atoms with Crippen molar-refractivity contribution in [2.24, 2.45) is 0 Å². The van der Waals surface area contributed by atoms with E-state index in [-0.39, 0.29) is 0 Å². The lowest BCUT2D eigenvalue weighted by atomic mass is 9.83. The molecule has 1 aliphatic rings. The summed E-state index contributed by atoms with van der Waals surface area (Å²) in [7, 11) is 0. The Balaban J connectivity index is 1.36. The van der Waals surface area contributed by atoms with Crippen LogP contribution in [0.25, 0.3) is 65.8 Å². The Hall–Kier alpha value is -6.56. The van der Waals surface area contributed by atoms with Crippen molar-refractivity contribution in [3.05, 3.63) is 156 Å². The number of allylic oxidation sites excluding steroid dienone is 2. The highest BCUT2D eigenvalue weighted by molar-refractivity contribution is 6.22. The van der Waals surface area contributed by atoms with E-state index in [9.17, 15) is 10.5 Å². The maximum Gasteiger partial charge on any atom is 0.101 e. The highest BCUT2D eigenvalue weighted by atomic mass is 14.9. The van der Waals surface area contributed by atoms with Crippen LogP contribution in [0.15, 0.2) is 134 Å². The SMILES string of the molecule is N#Cc1cncc(-c2ccc(-c3c4ccccc4c(C4=CC=C(c5cc(C#N)ccn5)NC4)c4ccccc34)c3ccccc23)c1. The molecule has 46 heavy (non-hydrogen) atoms. The number of aromatic nitrogens is 2. The molecule has 0 saturated heterocycles. The van der Waals surface area contributed by atoms with Crippen LogP contribution in [0.3, 0.4) is 0 Å². The fourth-order valence-electron chi connectivity index (χ4n) is 6.67. The second kappa shape index (κ2) is 11.2. The molecule has 1 aliphatic heterocycles. The number of nitrogens with zero attached hydrogens (tertiary/aromatic N) is 4. The first kappa shape index (κ1) is 27.0. The Kier molecular flexibility index (Phi) is 6.56. The molecule has 5 heteroatoms. The summed E-state index contributed by atoms with van der Waals surface area (Å²) in [4.78, 5) is 8.82. The van der Waals surface area contributed by atoms with E-state index in [2.05, 4.69) is 125 Å². The van der Waals surface area contributed by atoms with Gasteiger partial charge in [-0.3, -0.25) is 9.97 Å². The molecule has 214 valence electrons. The summed E-state index contributed by atoms with van der Waals surface area (Å²) in [5, 5.41) is 29.4. The van der Waals surface area contributed by atoms with Gasteiger partial charge in [-0.15, -0.1) is 0 Å². The van der Waals surface area contributed by atoms with Crippen LogP contribution in [-0.4, -0.2) is 16.5 Å². The van der Waals surface area contributed by atoms with Crippen molar-refractivity contribution in [3.63, 3.8) is 0 Å². The molecular weight excluding hydrogens is 562 g/mol. The topological polar surface area (TPSA) is 85.4 Å². The Morgan fingerprint density at radius 2 is 1.20 bits per heavy atom. The second-order valence-corrected chi connectivity index (χ2v) is 11.3. The van der Waals surface area contributed by atoms with Gasteiger partial charge < -0.3 is 5.32 Å². The van der Waals surface area contributed by atoms with Crippen molar-refractivity contribution in [1.29, 1.82) is 10.5 Å². The van der Waals surface area contributed by atoms with Crippen molar-refractivity contribution in [2.75, 3.05) is 6.54 Å². The van der Waals surface area contributed by atoms with Crippen molar-refractivity contribution in [1.82, 2.24) is 15.3 Å². The zero-order chi connectivity index (χ0) is 31.0. The van der Waals surface area contributed by atoms with Crippen molar-refractivity contribution in [2.45, 2.75) is 0 Å². The maximum atomic E-state index is 9.50. The number of nitriles is 2. The van der Waals surface area contributed by atoms with Gasteiger partial charge in [0.25, 0.3) is 0 Å². The van der Waals surface area contributed by atoms with Crippen LogP contribution >= 0.6 is 0 Å². The molecule has 0 unspecified atom stereocenters. The molecule has 0 radical (unpaired) electrons.